The van der Waals surface area contributed by atoms with Crippen LogP contribution in [0, 0.1) is 56.7 Å². The molecule has 4 fully saturated rings. The van der Waals surface area contributed by atoms with Crippen molar-refractivity contribution < 1.29 is 18.8 Å². The van der Waals surface area contributed by atoms with Gasteiger partial charge in [0.1, 0.15) is 0 Å². The van der Waals surface area contributed by atoms with Crippen molar-refractivity contribution in [3.8, 4) is 0 Å². The number of carbonyl (C=O) groups is 2. The van der Waals surface area contributed by atoms with Gasteiger partial charge in [-0.2, -0.15) is 0 Å². The van der Waals surface area contributed by atoms with Gasteiger partial charge in [0.2, 0.25) is 0 Å². The molecule has 4 saturated carbocycles. The highest BCUT2D eigenvalue weighted by atomic mass is 28.4. The minimum atomic E-state index is -2.25. The number of carbonyl (C=O) groups excluding carboxylic acids is 2. The summed E-state index contributed by atoms with van der Waals surface area (Å²) in [5, 5.41) is -0.00144. The van der Waals surface area contributed by atoms with Crippen molar-refractivity contribution in [1.82, 2.24) is 0 Å². The SMILES string of the molecule is C=C(C)[C@@H]1CC[C@]2(C(=O)O[Si](C)(C)C(C)(C)C)CC[C@]3(C)C(CC[C@@H]4[C@@]5(C)CC=C(c6ccc(C(=O)OC)cc6)C(C)(C)[C@@H]5CC[C@]43C)[C@@H]12. The molecular formula is C44H66O4Si. The first-order valence-corrected chi connectivity index (χ1v) is 22.3. The van der Waals surface area contributed by atoms with Crippen LogP contribution in [0.15, 0.2) is 42.5 Å². The number of rotatable bonds is 5. The van der Waals surface area contributed by atoms with Crippen molar-refractivity contribution in [2.45, 2.75) is 138 Å². The van der Waals surface area contributed by atoms with E-state index >= 15 is 0 Å². The molecule has 4 nitrogen and oxygen atoms in total. The Morgan fingerprint density at radius 1 is 0.857 bits per heavy atom. The Bertz CT molecular complexity index is 1540. The lowest BCUT2D eigenvalue weighted by molar-refractivity contribution is -0.227. The average Bonchev–Trinajstić information content (AvgIpc) is 3.42. The number of fused-ring (bicyclic) bond motifs is 7. The van der Waals surface area contributed by atoms with E-state index in [4.69, 9.17) is 9.16 Å². The second kappa shape index (κ2) is 11.7. The third-order valence-corrected chi connectivity index (χ3v) is 21.1. The Hall–Kier alpha value is -2.14. The molecule has 0 bridgehead atoms. The van der Waals surface area contributed by atoms with Crippen LogP contribution in [0.2, 0.25) is 18.1 Å². The van der Waals surface area contributed by atoms with E-state index < -0.39 is 8.32 Å². The van der Waals surface area contributed by atoms with E-state index in [-0.39, 0.29) is 44.1 Å². The first kappa shape index (κ1) is 36.6. The topological polar surface area (TPSA) is 52.6 Å². The van der Waals surface area contributed by atoms with Gasteiger partial charge in [0.25, 0.3) is 14.3 Å². The van der Waals surface area contributed by atoms with Crippen LogP contribution in [0.1, 0.15) is 136 Å². The van der Waals surface area contributed by atoms with Crippen molar-refractivity contribution in [2.24, 2.45) is 56.7 Å². The molecule has 0 radical (unpaired) electrons. The second-order valence-electron chi connectivity index (χ2n) is 20.1. The van der Waals surface area contributed by atoms with Crippen LogP contribution in [0.4, 0.5) is 0 Å². The number of hydrogen-bond acceptors (Lipinski definition) is 4. The molecule has 0 amide bonds. The summed E-state index contributed by atoms with van der Waals surface area (Å²) in [5.41, 5.74) is 4.76. The first-order chi connectivity index (χ1) is 22.6. The molecule has 5 aliphatic carbocycles. The van der Waals surface area contributed by atoms with Crippen LogP contribution in [-0.2, 0) is 14.0 Å². The third kappa shape index (κ3) is 5.15. The van der Waals surface area contributed by atoms with Gasteiger partial charge in [-0.15, -0.1) is 0 Å². The monoisotopic (exact) mass is 686 g/mol. The van der Waals surface area contributed by atoms with Crippen LogP contribution >= 0.6 is 0 Å². The standard InChI is InChI=1S/C44H66O4Si/c1-28(2)31-20-25-44(38(46)48-49(12,13)39(3,4)5)27-26-42(9)33(36(31)44)18-19-35-41(8)23-21-32(29-14-16-30(17-15-29)37(45)47-11)40(6,7)34(41)22-24-43(35,42)10/h14-17,21,31,33-36H,1,18-20,22-27H2,2-13H3/t31-,33?,34-,35+,36+,41-,42+,43+,44-/m0/s1. The summed E-state index contributed by atoms with van der Waals surface area (Å²) in [4.78, 5) is 26.8. The summed E-state index contributed by atoms with van der Waals surface area (Å²) in [7, 11) is -0.813. The number of benzene rings is 1. The molecule has 0 heterocycles. The number of methoxy groups -OCH3 is 1. The van der Waals surface area contributed by atoms with E-state index in [1.54, 1.807) is 0 Å². The van der Waals surface area contributed by atoms with Gasteiger partial charge < -0.3 is 9.16 Å². The highest BCUT2D eigenvalue weighted by molar-refractivity contribution is 6.75. The molecule has 0 saturated heterocycles. The molecule has 1 unspecified atom stereocenters. The Morgan fingerprint density at radius 2 is 1.51 bits per heavy atom. The molecule has 0 spiro atoms. The molecule has 0 aromatic heterocycles. The smallest absolute Gasteiger partial charge is 0.337 e. The number of allylic oxidation sites excluding steroid dienone is 3. The summed E-state index contributed by atoms with van der Waals surface area (Å²) < 4.78 is 11.7. The largest absolute Gasteiger partial charge is 0.519 e. The Labute approximate surface area is 299 Å². The molecule has 49 heavy (non-hydrogen) atoms. The zero-order valence-electron chi connectivity index (χ0n) is 33.0. The van der Waals surface area contributed by atoms with Crippen molar-refractivity contribution >= 4 is 25.8 Å². The van der Waals surface area contributed by atoms with E-state index in [0.29, 0.717) is 35.2 Å². The molecule has 270 valence electrons. The fraction of sp³-hybridized carbons (Fsp3) is 0.727. The lowest BCUT2D eigenvalue weighted by Crippen LogP contribution is -2.66. The van der Waals surface area contributed by atoms with Crippen LogP contribution in [0.25, 0.3) is 5.57 Å². The molecule has 5 heteroatoms. The summed E-state index contributed by atoms with van der Waals surface area (Å²) in [6.07, 6.45) is 12.7. The minimum absolute atomic E-state index is 0.00144. The quantitative estimate of drug-likeness (QED) is 0.176. The first-order valence-electron chi connectivity index (χ1n) is 19.4. The van der Waals surface area contributed by atoms with Gasteiger partial charge in [-0.25, -0.2) is 4.79 Å². The van der Waals surface area contributed by atoms with Gasteiger partial charge in [0, 0.05) is 0 Å². The summed E-state index contributed by atoms with van der Waals surface area (Å²) >= 11 is 0. The van der Waals surface area contributed by atoms with Crippen LogP contribution in [0.3, 0.4) is 0 Å². The number of esters is 1. The predicted octanol–water partition coefficient (Wildman–Crippen LogP) is 11.7. The molecule has 0 aliphatic heterocycles. The normalized spacial score (nSPS) is 39.8. The van der Waals surface area contributed by atoms with E-state index in [1.807, 2.05) is 12.1 Å². The van der Waals surface area contributed by atoms with Gasteiger partial charge in [0.15, 0.2) is 0 Å². The predicted molar refractivity (Wildman–Crippen MR) is 203 cm³/mol. The van der Waals surface area contributed by atoms with Crippen molar-refractivity contribution in [3.05, 3.63) is 53.6 Å². The summed E-state index contributed by atoms with van der Waals surface area (Å²) in [5.74, 6) is 2.29. The van der Waals surface area contributed by atoms with Gasteiger partial charge in [0.05, 0.1) is 18.1 Å². The highest BCUT2D eigenvalue weighted by Gasteiger charge is 2.72. The molecular weight excluding hydrogens is 621 g/mol. The van der Waals surface area contributed by atoms with E-state index in [0.717, 1.165) is 32.1 Å². The fourth-order valence-corrected chi connectivity index (χ4v) is 14.0. The zero-order valence-corrected chi connectivity index (χ0v) is 34.0. The van der Waals surface area contributed by atoms with Crippen molar-refractivity contribution in [3.63, 3.8) is 0 Å². The Balaban J connectivity index is 1.34. The van der Waals surface area contributed by atoms with E-state index in [1.165, 1.54) is 49.5 Å². The average molecular weight is 687 g/mol. The maximum atomic E-state index is 14.7. The van der Waals surface area contributed by atoms with Crippen molar-refractivity contribution in [1.29, 1.82) is 0 Å². The molecule has 1 aromatic rings. The van der Waals surface area contributed by atoms with Gasteiger partial charge >= 0.3 is 5.97 Å². The van der Waals surface area contributed by atoms with Crippen LogP contribution in [-0.4, -0.2) is 27.4 Å². The number of ether oxygens (including phenoxy) is 1. The second-order valence-corrected chi connectivity index (χ2v) is 24.8. The molecule has 1 aromatic carbocycles. The summed E-state index contributed by atoms with van der Waals surface area (Å²) in [6.45, 7) is 30.9. The maximum absolute atomic E-state index is 14.7. The van der Waals surface area contributed by atoms with E-state index in [2.05, 4.69) is 100 Å². The maximum Gasteiger partial charge on any atom is 0.337 e. The van der Waals surface area contributed by atoms with Crippen molar-refractivity contribution in [2.75, 3.05) is 7.11 Å². The van der Waals surface area contributed by atoms with Gasteiger partial charge in [-0.3, -0.25) is 4.79 Å². The van der Waals surface area contributed by atoms with Crippen LogP contribution < -0.4 is 0 Å². The summed E-state index contributed by atoms with van der Waals surface area (Å²) in [6, 6.07) is 8.06. The van der Waals surface area contributed by atoms with Gasteiger partial charge in [-0.05, 0) is 157 Å². The zero-order chi connectivity index (χ0) is 36.2. The molecule has 9 atom stereocenters. The Kier molecular flexibility index (Phi) is 8.74. The number of hydrogen-bond donors (Lipinski definition) is 0. The lowest BCUT2D eigenvalue weighted by Gasteiger charge is -2.72. The molecule has 6 rings (SSSR count). The highest BCUT2D eigenvalue weighted by Crippen LogP contribution is 2.78. The fourth-order valence-electron chi connectivity index (χ4n) is 13.0. The van der Waals surface area contributed by atoms with Gasteiger partial charge in [-0.1, -0.05) is 85.8 Å². The Morgan fingerprint density at radius 3 is 2.10 bits per heavy atom. The van der Waals surface area contributed by atoms with Crippen LogP contribution in [0.5, 0.6) is 0 Å². The van der Waals surface area contributed by atoms with E-state index in [9.17, 15) is 9.59 Å². The third-order valence-electron chi connectivity index (χ3n) is 16.8. The minimum Gasteiger partial charge on any atom is -0.519 e. The lowest BCUT2D eigenvalue weighted by atomic mass is 9.32. The molecule has 5 aliphatic rings. The molecule has 0 N–H and O–H groups in total.